The third kappa shape index (κ3) is 2.27. The van der Waals surface area contributed by atoms with E-state index in [0.717, 1.165) is 17.3 Å². The Bertz CT molecular complexity index is 806. The maximum Gasteiger partial charge on any atom is 0.234 e. The van der Waals surface area contributed by atoms with E-state index in [2.05, 4.69) is 26.6 Å². The van der Waals surface area contributed by atoms with Crippen LogP contribution < -0.4 is 4.74 Å². The Morgan fingerprint density at radius 3 is 2.90 bits per heavy atom. The summed E-state index contributed by atoms with van der Waals surface area (Å²) in [7, 11) is 0. The summed E-state index contributed by atoms with van der Waals surface area (Å²) in [6.07, 6.45) is 2.28. The van der Waals surface area contributed by atoms with Crippen molar-refractivity contribution in [2.45, 2.75) is 13.3 Å². The summed E-state index contributed by atoms with van der Waals surface area (Å²) >= 11 is 0. The van der Waals surface area contributed by atoms with Crippen molar-refractivity contribution in [1.82, 2.24) is 25.2 Å². The van der Waals surface area contributed by atoms with Crippen LogP contribution in [0.25, 0.3) is 16.6 Å². The first-order valence-electron chi connectivity index (χ1n) is 6.54. The van der Waals surface area contributed by atoms with Gasteiger partial charge in [0, 0.05) is 5.39 Å². The van der Waals surface area contributed by atoms with E-state index in [0.29, 0.717) is 23.7 Å². The Hall–Kier alpha value is -3.01. The maximum absolute atomic E-state index is 9.50. The predicted molar refractivity (Wildman–Crippen MR) is 75.0 cm³/mol. The molecule has 0 fully saturated rings. The number of pyridine rings is 1. The minimum absolute atomic E-state index is 0.309. The number of ether oxygens (including phenoxy) is 1. The Balaban J connectivity index is 2.33. The average Bonchev–Trinajstić information content (AvgIpc) is 3.05. The van der Waals surface area contributed by atoms with E-state index in [1.165, 1.54) is 11.0 Å². The molecular formula is C14H12N6O. The molecule has 0 bridgehead atoms. The van der Waals surface area contributed by atoms with Crippen LogP contribution in [-0.4, -0.2) is 31.8 Å². The number of hydrogen-bond acceptors (Lipinski definition) is 6. The molecule has 21 heavy (non-hydrogen) atoms. The zero-order chi connectivity index (χ0) is 14.7. The molecule has 104 valence electrons. The average molecular weight is 280 g/mol. The Morgan fingerprint density at radius 1 is 1.33 bits per heavy atom. The number of para-hydroxylation sites is 1. The molecule has 0 aliphatic rings. The summed E-state index contributed by atoms with van der Waals surface area (Å²) in [6, 6.07) is 9.66. The summed E-state index contributed by atoms with van der Waals surface area (Å²) in [6.45, 7) is 2.49. The van der Waals surface area contributed by atoms with Crippen LogP contribution in [0.5, 0.6) is 5.88 Å². The molecule has 0 aliphatic heterocycles. The van der Waals surface area contributed by atoms with Gasteiger partial charge in [0.2, 0.25) is 5.88 Å². The van der Waals surface area contributed by atoms with E-state index in [1.54, 1.807) is 0 Å². The van der Waals surface area contributed by atoms with Crippen molar-refractivity contribution in [3.8, 4) is 17.6 Å². The topological polar surface area (TPSA) is 89.5 Å². The van der Waals surface area contributed by atoms with E-state index in [-0.39, 0.29) is 0 Å². The van der Waals surface area contributed by atoms with Gasteiger partial charge in [0.05, 0.1) is 12.1 Å². The molecule has 0 amide bonds. The number of aromatic nitrogens is 5. The van der Waals surface area contributed by atoms with Gasteiger partial charge in [-0.1, -0.05) is 25.1 Å². The third-order valence-corrected chi connectivity index (χ3v) is 2.96. The molecule has 0 N–H and O–H groups in total. The molecule has 7 nitrogen and oxygen atoms in total. The van der Waals surface area contributed by atoms with Gasteiger partial charge in [0.1, 0.15) is 23.6 Å². The second-order valence-electron chi connectivity index (χ2n) is 4.37. The lowest BCUT2D eigenvalue weighted by Crippen LogP contribution is -2.06. The van der Waals surface area contributed by atoms with Gasteiger partial charge in [-0.05, 0) is 22.9 Å². The van der Waals surface area contributed by atoms with Crippen molar-refractivity contribution in [3.63, 3.8) is 0 Å². The summed E-state index contributed by atoms with van der Waals surface area (Å²) in [5, 5.41) is 21.5. The van der Waals surface area contributed by atoms with Crippen molar-refractivity contribution in [2.24, 2.45) is 0 Å². The Labute approximate surface area is 120 Å². The van der Waals surface area contributed by atoms with Crippen molar-refractivity contribution >= 4 is 10.9 Å². The van der Waals surface area contributed by atoms with Gasteiger partial charge in [-0.25, -0.2) is 4.98 Å². The highest BCUT2D eigenvalue weighted by Gasteiger charge is 2.18. The van der Waals surface area contributed by atoms with Crippen LogP contribution in [-0.2, 0) is 0 Å². The number of benzene rings is 1. The normalized spacial score (nSPS) is 10.5. The molecule has 0 spiro atoms. The first-order chi connectivity index (χ1) is 10.3. The van der Waals surface area contributed by atoms with Crippen molar-refractivity contribution in [1.29, 1.82) is 5.26 Å². The van der Waals surface area contributed by atoms with Crippen LogP contribution in [0.1, 0.15) is 18.9 Å². The summed E-state index contributed by atoms with van der Waals surface area (Å²) < 4.78 is 7.07. The van der Waals surface area contributed by atoms with Crippen molar-refractivity contribution < 1.29 is 4.74 Å². The van der Waals surface area contributed by atoms with Crippen LogP contribution in [0.2, 0.25) is 0 Å². The summed E-state index contributed by atoms with van der Waals surface area (Å²) in [5.74, 6) is 0.309. The molecule has 7 heteroatoms. The number of nitriles is 1. The highest BCUT2D eigenvalue weighted by atomic mass is 16.5. The van der Waals surface area contributed by atoms with Gasteiger partial charge >= 0.3 is 0 Å². The van der Waals surface area contributed by atoms with Crippen LogP contribution in [0.15, 0.2) is 30.6 Å². The Kier molecular flexibility index (Phi) is 3.43. The zero-order valence-corrected chi connectivity index (χ0v) is 11.4. The van der Waals surface area contributed by atoms with Gasteiger partial charge < -0.3 is 4.74 Å². The molecule has 0 radical (unpaired) electrons. The molecule has 2 aromatic heterocycles. The molecule has 3 aromatic rings. The molecule has 3 rings (SSSR count). The first-order valence-corrected chi connectivity index (χ1v) is 6.54. The largest absolute Gasteiger partial charge is 0.477 e. The second kappa shape index (κ2) is 5.54. The molecule has 0 unspecified atom stereocenters. The van der Waals surface area contributed by atoms with E-state index < -0.39 is 0 Å². The summed E-state index contributed by atoms with van der Waals surface area (Å²) in [4.78, 5) is 4.43. The minimum Gasteiger partial charge on any atom is -0.477 e. The highest BCUT2D eigenvalue weighted by molar-refractivity contribution is 5.90. The zero-order valence-electron chi connectivity index (χ0n) is 11.4. The number of nitrogens with zero attached hydrogens (tertiary/aromatic N) is 6. The quantitative estimate of drug-likeness (QED) is 0.724. The number of rotatable bonds is 4. The van der Waals surface area contributed by atoms with Crippen LogP contribution in [0, 0.1) is 11.3 Å². The van der Waals surface area contributed by atoms with Gasteiger partial charge in [0.15, 0.2) is 0 Å². The molecular weight excluding hydrogens is 268 g/mol. The number of hydrogen-bond donors (Lipinski definition) is 0. The minimum atomic E-state index is 0.309. The SMILES string of the molecule is CCCOc1nc2ccccc2c(-n2cnnn2)c1C#N. The van der Waals surface area contributed by atoms with E-state index in [4.69, 9.17) is 4.74 Å². The van der Waals surface area contributed by atoms with Crippen LogP contribution >= 0.6 is 0 Å². The molecule has 2 heterocycles. The van der Waals surface area contributed by atoms with E-state index >= 15 is 0 Å². The molecule has 0 saturated heterocycles. The van der Waals surface area contributed by atoms with Gasteiger partial charge in [-0.3, -0.25) is 0 Å². The lowest BCUT2D eigenvalue weighted by Gasteiger charge is -2.12. The van der Waals surface area contributed by atoms with E-state index in [1.807, 2.05) is 31.2 Å². The van der Waals surface area contributed by atoms with Crippen LogP contribution in [0.4, 0.5) is 0 Å². The fourth-order valence-corrected chi connectivity index (χ4v) is 2.08. The summed E-state index contributed by atoms with van der Waals surface area (Å²) in [5.41, 5.74) is 1.64. The highest BCUT2D eigenvalue weighted by Crippen LogP contribution is 2.30. The van der Waals surface area contributed by atoms with Crippen LogP contribution in [0.3, 0.4) is 0 Å². The maximum atomic E-state index is 9.50. The van der Waals surface area contributed by atoms with E-state index in [9.17, 15) is 5.26 Å². The fourth-order valence-electron chi connectivity index (χ4n) is 2.08. The van der Waals surface area contributed by atoms with Crippen molar-refractivity contribution in [2.75, 3.05) is 6.61 Å². The molecule has 0 aliphatic carbocycles. The fraction of sp³-hybridized carbons (Fsp3) is 0.214. The van der Waals surface area contributed by atoms with Gasteiger partial charge in [-0.2, -0.15) is 9.94 Å². The van der Waals surface area contributed by atoms with Gasteiger partial charge in [0.25, 0.3) is 0 Å². The second-order valence-corrected chi connectivity index (χ2v) is 4.37. The molecule has 0 saturated carbocycles. The first kappa shape index (κ1) is 13.0. The lowest BCUT2D eigenvalue weighted by atomic mass is 10.1. The predicted octanol–water partition coefficient (Wildman–Crippen LogP) is 1.87. The number of fused-ring (bicyclic) bond motifs is 1. The molecule has 0 atom stereocenters. The van der Waals surface area contributed by atoms with Gasteiger partial charge in [-0.15, -0.1) is 5.10 Å². The third-order valence-electron chi connectivity index (χ3n) is 2.96. The van der Waals surface area contributed by atoms with Crippen molar-refractivity contribution in [3.05, 3.63) is 36.2 Å². The smallest absolute Gasteiger partial charge is 0.234 e. The number of tetrazole rings is 1. The lowest BCUT2D eigenvalue weighted by molar-refractivity contribution is 0.305. The molecule has 1 aromatic carbocycles. The standard InChI is InChI=1S/C14H12N6O/c1-2-7-21-14-11(8-15)13(20-9-16-18-19-20)10-5-3-4-6-12(10)17-14/h3-6,9H,2,7H2,1H3. The Morgan fingerprint density at radius 2 is 2.19 bits per heavy atom. The monoisotopic (exact) mass is 280 g/mol.